The van der Waals surface area contributed by atoms with Crippen LogP contribution < -0.4 is 4.72 Å². The number of rotatable bonds is 4. The number of nitrogens with one attached hydrogen (secondary N) is 1. The summed E-state index contributed by atoms with van der Waals surface area (Å²) in [6.07, 6.45) is 0. The number of sulfonamides is 1. The largest absolute Gasteiger partial charge is 0.280 e. The summed E-state index contributed by atoms with van der Waals surface area (Å²) in [4.78, 5) is 0.0490. The minimum Gasteiger partial charge on any atom is -0.280 e. The van der Waals surface area contributed by atoms with Crippen LogP contribution in [0.4, 0.5) is 5.69 Å². The van der Waals surface area contributed by atoms with Crippen molar-refractivity contribution in [1.82, 2.24) is 0 Å². The molecule has 0 saturated carbocycles. The molecule has 100 valence electrons. The molecule has 0 bridgehead atoms. The minimum absolute atomic E-state index is 0.0490. The monoisotopic (exact) mass is 315 g/mol. The maximum Gasteiger partial charge on any atom is 0.263 e. The molecule has 0 spiro atoms. The van der Waals surface area contributed by atoms with Gasteiger partial charge in [-0.3, -0.25) is 4.72 Å². The van der Waals surface area contributed by atoms with Gasteiger partial charge in [-0.2, -0.15) is 0 Å². The molecule has 2 rings (SSSR count). The summed E-state index contributed by atoms with van der Waals surface area (Å²) in [5.74, 6) is 0.321. The molecule has 2 aromatic carbocycles. The minimum atomic E-state index is -3.69. The van der Waals surface area contributed by atoms with Crippen molar-refractivity contribution in [2.45, 2.75) is 10.8 Å². The van der Waals surface area contributed by atoms with Crippen molar-refractivity contribution in [3.8, 4) is 0 Å². The van der Waals surface area contributed by atoms with E-state index in [1.807, 2.05) is 6.07 Å². The van der Waals surface area contributed by atoms with Crippen LogP contribution in [-0.2, 0) is 15.9 Å². The van der Waals surface area contributed by atoms with E-state index in [9.17, 15) is 8.42 Å². The van der Waals surface area contributed by atoms with Crippen LogP contribution >= 0.6 is 23.2 Å². The highest BCUT2D eigenvalue weighted by atomic mass is 35.5. The molecular weight excluding hydrogens is 305 g/mol. The van der Waals surface area contributed by atoms with E-state index < -0.39 is 10.0 Å². The number of hydrogen-bond donors (Lipinski definition) is 1. The lowest BCUT2D eigenvalue weighted by molar-refractivity contribution is 0.601. The van der Waals surface area contributed by atoms with Crippen molar-refractivity contribution in [1.29, 1.82) is 0 Å². The van der Waals surface area contributed by atoms with Gasteiger partial charge in [0.25, 0.3) is 10.0 Å². The number of hydrogen-bond acceptors (Lipinski definition) is 2. The topological polar surface area (TPSA) is 46.2 Å². The Labute approximate surface area is 122 Å². The van der Waals surface area contributed by atoms with Crippen LogP contribution in [0, 0.1) is 0 Å². The van der Waals surface area contributed by atoms with Crippen molar-refractivity contribution in [3.63, 3.8) is 0 Å². The van der Waals surface area contributed by atoms with Gasteiger partial charge < -0.3 is 0 Å². The van der Waals surface area contributed by atoms with Crippen LogP contribution in [0.5, 0.6) is 0 Å². The Balaban J connectivity index is 2.34. The van der Waals surface area contributed by atoms with E-state index in [1.54, 1.807) is 30.3 Å². The zero-order valence-electron chi connectivity index (χ0n) is 9.81. The van der Waals surface area contributed by atoms with Crippen molar-refractivity contribution < 1.29 is 8.42 Å². The molecular formula is C13H11Cl2NO2S. The molecule has 3 nitrogen and oxygen atoms in total. The second-order valence-corrected chi connectivity index (χ2v) is 6.20. The average Bonchev–Trinajstić information content (AvgIpc) is 2.38. The molecule has 0 fully saturated rings. The molecule has 0 unspecified atom stereocenters. The van der Waals surface area contributed by atoms with E-state index in [1.165, 1.54) is 12.1 Å². The van der Waals surface area contributed by atoms with E-state index in [-0.39, 0.29) is 9.92 Å². The Bertz CT molecular complexity index is 687. The summed E-state index contributed by atoms with van der Waals surface area (Å²) in [6.45, 7) is 0. The van der Waals surface area contributed by atoms with Crippen molar-refractivity contribution in [3.05, 3.63) is 59.1 Å². The van der Waals surface area contributed by atoms with Crippen molar-refractivity contribution >= 4 is 38.9 Å². The van der Waals surface area contributed by atoms with Gasteiger partial charge in [0.05, 0.1) is 5.02 Å². The Kier molecular flexibility index (Phi) is 4.34. The fraction of sp³-hybridized carbons (Fsp3) is 0.0769. The molecule has 0 aliphatic rings. The van der Waals surface area contributed by atoms with Gasteiger partial charge in [-0.25, -0.2) is 8.42 Å². The molecule has 19 heavy (non-hydrogen) atoms. The summed E-state index contributed by atoms with van der Waals surface area (Å²) in [5.41, 5.74) is 1.29. The second-order valence-electron chi connectivity index (χ2n) is 3.87. The van der Waals surface area contributed by atoms with Crippen LogP contribution in [-0.4, -0.2) is 8.42 Å². The molecule has 0 radical (unpaired) electrons. The first-order chi connectivity index (χ1) is 9.03. The molecule has 0 amide bonds. The highest BCUT2D eigenvalue weighted by molar-refractivity contribution is 7.92. The van der Waals surface area contributed by atoms with Gasteiger partial charge in [0.15, 0.2) is 0 Å². The van der Waals surface area contributed by atoms with Gasteiger partial charge in [0.2, 0.25) is 0 Å². The Morgan fingerprint density at radius 2 is 1.79 bits per heavy atom. The van der Waals surface area contributed by atoms with Gasteiger partial charge in [-0.15, -0.1) is 11.6 Å². The summed E-state index contributed by atoms with van der Waals surface area (Å²) >= 11 is 11.6. The first kappa shape index (κ1) is 14.2. The summed E-state index contributed by atoms with van der Waals surface area (Å²) in [5, 5.41) is 0.184. The number of benzene rings is 2. The predicted molar refractivity (Wildman–Crippen MR) is 78.3 cm³/mol. The molecule has 2 aromatic rings. The Morgan fingerprint density at radius 1 is 1.05 bits per heavy atom. The lowest BCUT2D eigenvalue weighted by Gasteiger charge is -2.10. The van der Waals surface area contributed by atoms with Crippen molar-refractivity contribution in [2.24, 2.45) is 0 Å². The third kappa shape index (κ3) is 3.41. The zero-order chi connectivity index (χ0) is 13.9. The SMILES string of the molecule is O=S(=O)(Nc1cccc(CCl)c1)c1ccccc1Cl. The maximum absolute atomic E-state index is 12.2. The van der Waals surface area contributed by atoms with Gasteiger partial charge in [-0.1, -0.05) is 35.9 Å². The van der Waals surface area contributed by atoms with E-state index in [2.05, 4.69) is 4.72 Å². The highest BCUT2D eigenvalue weighted by Crippen LogP contribution is 2.23. The molecule has 0 aliphatic carbocycles. The lowest BCUT2D eigenvalue weighted by atomic mass is 10.2. The van der Waals surface area contributed by atoms with Crippen LogP contribution in [0.2, 0.25) is 5.02 Å². The van der Waals surface area contributed by atoms with Crippen molar-refractivity contribution in [2.75, 3.05) is 4.72 Å². The lowest BCUT2D eigenvalue weighted by Crippen LogP contribution is -2.13. The van der Waals surface area contributed by atoms with Crippen LogP contribution in [0.15, 0.2) is 53.4 Å². The fourth-order valence-electron chi connectivity index (χ4n) is 1.59. The Hall–Kier alpha value is -1.23. The fourth-order valence-corrected chi connectivity index (χ4v) is 3.33. The molecule has 0 aromatic heterocycles. The molecule has 6 heteroatoms. The smallest absolute Gasteiger partial charge is 0.263 e. The van der Waals surface area contributed by atoms with Crippen LogP contribution in [0.3, 0.4) is 0 Å². The molecule has 1 N–H and O–H groups in total. The summed E-state index contributed by atoms with van der Waals surface area (Å²) < 4.78 is 26.9. The maximum atomic E-state index is 12.2. The molecule has 0 heterocycles. The standard InChI is InChI=1S/C13H11Cl2NO2S/c14-9-10-4-3-5-11(8-10)16-19(17,18)13-7-2-1-6-12(13)15/h1-8,16H,9H2. The number of alkyl halides is 1. The molecule has 0 aliphatic heterocycles. The van der Waals surface area contributed by atoms with Gasteiger partial charge in [0.1, 0.15) is 4.90 Å². The second kappa shape index (κ2) is 5.82. The highest BCUT2D eigenvalue weighted by Gasteiger charge is 2.17. The first-order valence-corrected chi connectivity index (χ1v) is 7.85. The van der Waals surface area contributed by atoms with E-state index in [0.717, 1.165) is 5.56 Å². The Morgan fingerprint density at radius 3 is 2.47 bits per heavy atom. The third-order valence-electron chi connectivity index (χ3n) is 2.46. The van der Waals surface area contributed by atoms with Gasteiger partial charge >= 0.3 is 0 Å². The number of anilines is 1. The summed E-state index contributed by atoms with van der Waals surface area (Å²) in [6, 6.07) is 13.2. The third-order valence-corrected chi connectivity index (χ3v) is 4.65. The normalized spacial score (nSPS) is 11.3. The predicted octanol–water partition coefficient (Wildman–Crippen LogP) is 3.88. The van der Waals surface area contributed by atoms with Crippen LogP contribution in [0.25, 0.3) is 0 Å². The van der Waals surface area contributed by atoms with Crippen LogP contribution in [0.1, 0.15) is 5.56 Å². The first-order valence-electron chi connectivity index (χ1n) is 5.45. The van der Waals surface area contributed by atoms with E-state index in [0.29, 0.717) is 11.6 Å². The van der Waals surface area contributed by atoms with E-state index >= 15 is 0 Å². The molecule has 0 atom stereocenters. The quantitative estimate of drug-likeness (QED) is 0.870. The number of halogens is 2. The zero-order valence-corrected chi connectivity index (χ0v) is 12.1. The molecule has 0 saturated heterocycles. The van der Waals surface area contributed by atoms with Gasteiger partial charge in [-0.05, 0) is 29.8 Å². The summed E-state index contributed by atoms with van der Waals surface area (Å²) in [7, 11) is -3.69. The van der Waals surface area contributed by atoms with Gasteiger partial charge in [0, 0.05) is 11.6 Å². The average molecular weight is 316 g/mol. The van der Waals surface area contributed by atoms with E-state index in [4.69, 9.17) is 23.2 Å².